The van der Waals surface area contributed by atoms with Gasteiger partial charge < -0.3 is 20.1 Å². The first-order valence-corrected chi connectivity index (χ1v) is 12.5. The highest BCUT2D eigenvalue weighted by Crippen LogP contribution is 2.53. The minimum absolute atomic E-state index is 0.117. The molecule has 1 aromatic heterocycles. The highest BCUT2D eigenvalue weighted by Gasteiger charge is 2.56. The molecule has 2 aliphatic heterocycles. The van der Waals surface area contributed by atoms with Crippen molar-refractivity contribution in [2.45, 2.75) is 89.4 Å². The van der Waals surface area contributed by atoms with Crippen LogP contribution in [0.3, 0.4) is 0 Å². The number of aromatic nitrogens is 2. The van der Waals surface area contributed by atoms with Crippen molar-refractivity contribution in [1.29, 1.82) is 5.26 Å². The summed E-state index contributed by atoms with van der Waals surface area (Å²) in [6.07, 6.45) is 8.52. The highest BCUT2D eigenvalue weighted by atomic mass is 16.5. The molecule has 1 amide bonds. The van der Waals surface area contributed by atoms with Gasteiger partial charge in [-0.05, 0) is 80.6 Å². The molecule has 184 valence electrons. The number of aliphatic hydroxyl groups is 1. The van der Waals surface area contributed by atoms with Crippen molar-refractivity contribution in [2.24, 2.45) is 5.41 Å². The number of hydrogen-bond donors (Lipinski definition) is 3. The number of nitriles is 1. The van der Waals surface area contributed by atoms with Crippen LogP contribution in [0.4, 0.5) is 5.69 Å². The summed E-state index contributed by atoms with van der Waals surface area (Å²) in [5.74, 6) is 0.0129. The highest BCUT2D eigenvalue weighted by molar-refractivity contribution is 6.03. The Kier molecular flexibility index (Phi) is 5.65. The van der Waals surface area contributed by atoms with Gasteiger partial charge in [-0.3, -0.25) is 4.79 Å². The number of aliphatic hydroxyl groups excluding tert-OH is 1. The topological polar surface area (TPSA) is 111 Å². The normalized spacial score (nSPS) is 31.5. The SMILES string of the molecule is CC1(C)CC=C(c2cc(C3C[C@]4(C)C[C@@H](O)[C@](C)(C3)O4)ccc2NC(=O)c2ncc(C#N)[nH]2)CC1. The average Bonchev–Trinajstić information content (AvgIpc) is 3.34. The number of anilines is 1. The number of rotatable bonds is 4. The molecule has 35 heavy (non-hydrogen) atoms. The molecule has 2 aromatic rings. The van der Waals surface area contributed by atoms with E-state index in [1.54, 1.807) is 0 Å². The van der Waals surface area contributed by atoms with E-state index in [2.05, 4.69) is 54.3 Å². The molecular formula is C28H34N4O3. The van der Waals surface area contributed by atoms with Crippen molar-refractivity contribution in [3.05, 3.63) is 53.1 Å². The first-order chi connectivity index (χ1) is 16.5. The van der Waals surface area contributed by atoms with Gasteiger partial charge in [-0.1, -0.05) is 26.0 Å². The Labute approximate surface area is 206 Å². The van der Waals surface area contributed by atoms with Crippen molar-refractivity contribution >= 4 is 17.2 Å². The van der Waals surface area contributed by atoms with Crippen molar-refractivity contribution in [3.63, 3.8) is 0 Å². The molecule has 1 aliphatic carbocycles. The number of aromatic amines is 1. The Bertz CT molecular complexity index is 1240. The average molecular weight is 475 g/mol. The van der Waals surface area contributed by atoms with E-state index in [1.165, 1.54) is 17.3 Å². The maximum Gasteiger partial charge on any atom is 0.291 e. The molecule has 7 heteroatoms. The predicted molar refractivity (Wildman–Crippen MR) is 134 cm³/mol. The number of H-pyrrole nitrogens is 1. The van der Waals surface area contributed by atoms with Crippen LogP contribution in [0, 0.1) is 16.7 Å². The standard InChI is InChI=1S/C28H34N4O3/c1-26(2)9-7-17(8-10-26)21-11-18(19-12-27(3)14-23(33)28(4,13-19)35-27)5-6-22(21)32-25(34)24-30-16-20(15-29)31-24/h5-7,11,16,19,23,33H,8-10,12-14H2,1-4H3,(H,30,31)(H,32,34)/t19?,23-,27-,28+/m1/s1. The third-order valence-corrected chi connectivity index (χ3v) is 8.13. The molecule has 0 spiro atoms. The number of carbonyl (C=O) groups is 1. The molecule has 3 N–H and O–H groups in total. The first kappa shape index (κ1) is 23.8. The molecule has 4 atom stereocenters. The molecule has 0 radical (unpaired) electrons. The zero-order valence-corrected chi connectivity index (χ0v) is 20.9. The quantitative estimate of drug-likeness (QED) is 0.557. The second kappa shape index (κ2) is 8.32. The number of ether oxygens (including phenoxy) is 1. The summed E-state index contributed by atoms with van der Waals surface area (Å²) < 4.78 is 6.29. The fourth-order valence-corrected chi connectivity index (χ4v) is 6.11. The Morgan fingerprint density at radius 2 is 2.06 bits per heavy atom. The van der Waals surface area contributed by atoms with Crippen LogP contribution in [0.1, 0.15) is 99.6 Å². The number of amides is 1. The van der Waals surface area contributed by atoms with Crippen LogP contribution in [0.2, 0.25) is 0 Å². The largest absolute Gasteiger partial charge is 0.390 e. The maximum absolute atomic E-state index is 12.9. The summed E-state index contributed by atoms with van der Waals surface area (Å²) >= 11 is 0. The van der Waals surface area contributed by atoms with Gasteiger partial charge in [0.05, 0.1) is 23.5 Å². The number of carbonyl (C=O) groups excluding carboxylic acids is 1. The van der Waals surface area contributed by atoms with Gasteiger partial charge in [0.25, 0.3) is 5.91 Å². The summed E-state index contributed by atoms with van der Waals surface area (Å²) in [5.41, 5.74) is 3.90. The number of benzene rings is 1. The van der Waals surface area contributed by atoms with E-state index >= 15 is 0 Å². The molecular weight excluding hydrogens is 440 g/mol. The van der Waals surface area contributed by atoms with Crippen LogP contribution in [0.15, 0.2) is 30.5 Å². The molecule has 3 heterocycles. The monoisotopic (exact) mass is 474 g/mol. The third kappa shape index (κ3) is 4.53. The van der Waals surface area contributed by atoms with E-state index in [1.807, 2.05) is 19.1 Å². The summed E-state index contributed by atoms with van der Waals surface area (Å²) in [5, 5.41) is 22.7. The van der Waals surface area contributed by atoms with E-state index < -0.39 is 11.7 Å². The lowest BCUT2D eigenvalue weighted by atomic mass is 9.75. The number of allylic oxidation sites excluding steroid dienone is 2. The molecule has 0 saturated carbocycles. The van der Waals surface area contributed by atoms with Crippen LogP contribution >= 0.6 is 0 Å². The van der Waals surface area contributed by atoms with Gasteiger partial charge in [-0.25, -0.2) is 4.98 Å². The summed E-state index contributed by atoms with van der Waals surface area (Å²) in [4.78, 5) is 19.7. The summed E-state index contributed by atoms with van der Waals surface area (Å²) in [6, 6.07) is 8.26. The van der Waals surface area contributed by atoms with E-state index in [9.17, 15) is 9.90 Å². The fraction of sp³-hybridized carbons (Fsp3) is 0.536. The zero-order valence-electron chi connectivity index (χ0n) is 20.9. The van der Waals surface area contributed by atoms with Crippen LogP contribution in [-0.2, 0) is 4.74 Å². The Morgan fingerprint density at radius 3 is 2.71 bits per heavy atom. The van der Waals surface area contributed by atoms with Gasteiger partial charge in [-0.2, -0.15) is 5.26 Å². The van der Waals surface area contributed by atoms with E-state index in [-0.39, 0.29) is 34.4 Å². The zero-order chi connectivity index (χ0) is 25.0. The van der Waals surface area contributed by atoms with Crippen LogP contribution in [0.5, 0.6) is 0 Å². The molecule has 5 rings (SSSR count). The molecule has 1 unspecified atom stereocenters. The van der Waals surface area contributed by atoms with Gasteiger partial charge in [0, 0.05) is 17.7 Å². The number of nitrogens with zero attached hydrogens (tertiary/aromatic N) is 2. The van der Waals surface area contributed by atoms with Crippen molar-refractivity contribution in [3.8, 4) is 6.07 Å². The first-order valence-electron chi connectivity index (χ1n) is 12.5. The van der Waals surface area contributed by atoms with Crippen LogP contribution in [-0.4, -0.2) is 38.3 Å². The summed E-state index contributed by atoms with van der Waals surface area (Å²) in [7, 11) is 0. The molecule has 3 aliphatic rings. The van der Waals surface area contributed by atoms with Gasteiger partial charge in [0.1, 0.15) is 11.8 Å². The predicted octanol–water partition coefficient (Wildman–Crippen LogP) is 5.30. The lowest BCUT2D eigenvalue weighted by Gasteiger charge is -2.41. The van der Waals surface area contributed by atoms with Crippen molar-refractivity contribution in [1.82, 2.24) is 9.97 Å². The van der Waals surface area contributed by atoms with Gasteiger partial charge in [-0.15, -0.1) is 0 Å². The number of imidazole rings is 1. The van der Waals surface area contributed by atoms with Gasteiger partial charge >= 0.3 is 0 Å². The molecule has 2 bridgehead atoms. The summed E-state index contributed by atoms with van der Waals surface area (Å²) in [6.45, 7) is 8.70. The fourth-order valence-electron chi connectivity index (χ4n) is 6.11. The molecule has 7 nitrogen and oxygen atoms in total. The second-order valence-electron chi connectivity index (χ2n) is 11.8. The smallest absolute Gasteiger partial charge is 0.291 e. The lowest BCUT2D eigenvalue weighted by Crippen LogP contribution is -2.43. The van der Waals surface area contributed by atoms with Gasteiger partial charge in [0.15, 0.2) is 5.82 Å². The maximum atomic E-state index is 12.9. The van der Waals surface area contributed by atoms with Gasteiger partial charge in [0.2, 0.25) is 0 Å². The Morgan fingerprint density at radius 1 is 1.26 bits per heavy atom. The van der Waals surface area contributed by atoms with E-state index in [0.717, 1.165) is 43.4 Å². The van der Waals surface area contributed by atoms with Crippen molar-refractivity contribution < 1.29 is 14.6 Å². The Balaban J connectivity index is 1.49. The van der Waals surface area contributed by atoms with Crippen molar-refractivity contribution in [2.75, 3.05) is 5.32 Å². The Hall–Kier alpha value is -2.95. The molecule has 2 saturated heterocycles. The molecule has 2 fully saturated rings. The second-order valence-corrected chi connectivity index (χ2v) is 11.8. The molecule has 1 aromatic carbocycles. The van der Waals surface area contributed by atoms with E-state index in [4.69, 9.17) is 10.00 Å². The van der Waals surface area contributed by atoms with Crippen LogP contribution < -0.4 is 5.32 Å². The number of fused-ring (bicyclic) bond motifs is 2. The third-order valence-electron chi connectivity index (χ3n) is 8.13. The van der Waals surface area contributed by atoms with Crippen LogP contribution in [0.25, 0.3) is 5.57 Å². The minimum atomic E-state index is -0.531. The number of nitrogens with one attached hydrogen (secondary N) is 2. The van der Waals surface area contributed by atoms with E-state index in [0.29, 0.717) is 6.42 Å². The lowest BCUT2D eigenvalue weighted by molar-refractivity contribution is -0.146. The minimum Gasteiger partial charge on any atom is -0.390 e. The number of hydrogen-bond acceptors (Lipinski definition) is 5.